The quantitative estimate of drug-likeness (QED) is 0.718. The third kappa shape index (κ3) is 5.09. The second-order valence-corrected chi connectivity index (χ2v) is 5.72. The molecule has 1 atom stereocenters. The first-order valence-corrected chi connectivity index (χ1v) is 8.29. The first-order valence-electron chi connectivity index (χ1n) is 7.06. The summed E-state index contributed by atoms with van der Waals surface area (Å²) in [6.45, 7) is 0.643. The normalized spacial score (nSPS) is 11.7. The number of nitrogens with one attached hydrogen (secondary N) is 2. The molecule has 0 spiro atoms. The highest BCUT2D eigenvalue weighted by molar-refractivity contribution is 7.98. The van der Waals surface area contributed by atoms with Gasteiger partial charge < -0.3 is 15.7 Å². The fourth-order valence-electron chi connectivity index (χ4n) is 1.97. The molecule has 5 heteroatoms. The lowest BCUT2D eigenvalue weighted by molar-refractivity contribution is 0.173. The summed E-state index contributed by atoms with van der Waals surface area (Å²) in [5.41, 5.74) is 1.83. The molecule has 0 aliphatic rings. The van der Waals surface area contributed by atoms with Crippen molar-refractivity contribution in [3.05, 3.63) is 65.7 Å². The average Bonchev–Trinajstić information content (AvgIpc) is 2.58. The molecule has 0 saturated carbocycles. The number of aliphatic hydroxyl groups excluding tert-OH is 1. The molecule has 0 aromatic heterocycles. The summed E-state index contributed by atoms with van der Waals surface area (Å²) in [4.78, 5) is 12.9. The number of urea groups is 1. The molecule has 2 amide bonds. The van der Waals surface area contributed by atoms with Gasteiger partial charge in [-0.25, -0.2) is 4.79 Å². The topological polar surface area (TPSA) is 61.4 Å². The minimum Gasteiger partial charge on any atom is -0.387 e. The van der Waals surface area contributed by atoms with Crippen molar-refractivity contribution in [3.63, 3.8) is 0 Å². The van der Waals surface area contributed by atoms with E-state index in [0.717, 1.165) is 16.0 Å². The Balaban J connectivity index is 1.75. The number of amides is 2. The maximum absolute atomic E-state index is 11.7. The van der Waals surface area contributed by atoms with Crippen molar-refractivity contribution in [2.24, 2.45) is 0 Å². The van der Waals surface area contributed by atoms with E-state index in [9.17, 15) is 9.90 Å². The van der Waals surface area contributed by atoms with Crippen LogP contribution in [0.4, 0.5) is 4.79 Å². The van der Waals surface area contributed by atoms with Crippen LogP contribution in [-0.4, -0.2) is 23.9 Å². The van der Waals surface area contributed by atoms with E-state index in [2.05, 4.69) is 10.6 Å². The van der Waals surface area contributed by atoms with Crippen LogP contribution >= 0.6 is 11.8 Å². The average molecular weight is 316 g/mol. The lowest BCUT2D eigenvalue weighted by Crippen LogP contribution is -2.37. The molecule has 0 aliphatic carbocycles. The Kier molecular flexibility index (Phi) is 6.30. The Morgan fingerprint density at radius 3 is 2.41 bits per heavy atom. The van der Waals surface area contributed by atoms with E-state index in [1.807, 2.05) is 60.9 Å². The van der Waals surface area contributed by atoms with Crippen LogP contribution in [0.15, 0.2) is 59.5 Å². The Labute approximate surface area is 134 Å². The van der Waals surface area contributed by atoms with Gasteiger partial charge in [0.15, 0.2) is 0 Å². The van der Waals surface area contributed by atoms with Crippen molar-refractivity contribution in [1.82, 2.24) is 10.6 Å². The van der Waals surface area contributed by atoms with E-state index in [4.69, 9.17) is 0 Å². The molecule has 0 unspecified atom stereocenters. The number of rotatable bonds is 6. The molecular weight excluding hydrogens is 296 g/mol. The van der Waals surface area contributed by atoms with Crippen LogP contribution in [0.2, 0.25) is 0 Å². The smallest absolute Gasteiger partial charge is 0.315 e. The lowest BCUT2D eigenvalue weighted by Gasteiger charge is -2.13. The molecule has 2 aromatic rings. The van der Waals surface area contributed by atoms with E-state index in [1.165, 1.54) is 0 Å². The minimum atomic E-state index is -0.710. The van der Waals surface area contributed by atoms with Gasteiger partial charge in [-0.3, -0.25) is 0 Å². The Bertz CT molecular complexity index is 587. The maximum Gasteiger partial charge on any atom is 0.315 e. The number of hydrogen-bond acceptors (Lipinski definition) is 3. The van der Waals surface area contributed by atoms with Crippen molar-refractivity contribution < 1.29 is 9.90 Å². The van der Waals surface area contributed by atoms with Crippen molar-refractivity contribution in [3.8, 4) is 0 Å². The summed E-state index contributed by atoms with van der Waals surface area (Å²) in [6, 6.07) is 17.1. The van der Waals surface area contributed by atoms with Gasteiger partial charge in [-0.1, -0.05) is 42.5 Å². The van der Waals surface area contributed by atoms with Crippen LogP contribution in [0.5, 0.6) is 0 Å². The highest BCUT2D eigenvalue weighted by Gasteiger charge is 2.09. The lowest BCUT2D eigenvalue weighted by atomic mass is 10.1. The van der Waals surface area contributed by atoms with Gasteiger partial charge in [0.2, 0.25) is 0 Å². The van der Waals surface area contributed by atoms with Crippen LogP contribution in [-0.2, 0) is 6.54 Å². The number of thioether (sulfide) groups is 1. The van der Waals surface area contributed by atoms with Crippen molar-refractivity contribution >= 4 is 17.8 Å². The third-order valence-corrected chi connectivity index (χ3v) is 4.00. The van der Waals surface area contributed by atoms with Crippen LogP contribution in [0.1, 0.15) is 17.2 Å². The number of aliphatic hydroxyl groups is 1. The first-order chi connectivity index (χ1) is 10.7. The largest absolute Gasteiger partial charge is 0.387 e. The highest BCUT2D eigenvalue weighted by atomic mass is 32.2. The van der Waals surface area contributed by atoms with Gasteiger partial charge in [-0.15, -0.1) is 11.8 Å². The second-order valence-electron chi connectivity index (χ2n) is 4.84. The molecule has 22 heavy (non-hydrogen) atoms. The Morgan fingerprint density at radius 2 is 1.77 bits per heavy atom. The zero-order valence-electron chi connectivity index (χ0n) is 12.5. The summed E-state index contributed by atoms with van der Waals surface area (Å²) in [7, 11) is 0. The zero-order valence-corrected chi connectivity index (χ0v) is 13.3. The maximum atomic E-state index is 11.7. The molecule has 116 valence electrons. The van der Waals surface area contributed by atoms with Gasteiger partial charge in [-0.2, -0.15) is 0 Å². The number of hydrogen-bond donors (Lipinski definition) is 3. The van der Waals surface area contributed by atoms with Crippen LogP contribution in [0.3, 0.4) is 0 Å². The SMILES string of the molecule is CSc1ccc([C@@H](O)CNC(=O)NCc2ccccc2)cc1. The molecular formula is C17H20N2O2S. The summed E-state index contributed by atoms with van der Waals surface area (Å²) in [5, 5.41) is 15.5. The Hall–Kier alpha value is -1.98. The van der Waals surface area contributed by atoms with Gasteiger partial charge in [-0.05, 0) is 29.5 Å². The second kappa shape index (κ2) is 8.46. The predicted molar refractivity (Wildman–Crippen MR) is 89.9 cm³/mol. The molecule has 0 bridgehead atoms. The molecule has 2 aromatic carbocycles. The molecule has 0 aliphatic heterocycles. The van der Waals surface area contributed by atoms with Crippen molar-refractivity contribution in [2.45, 2.75) is 17.5 Å². The van der Waals surface area contributed by atoms with E-state index < -0.39 is 6.10 Å². The number of carbonyl (C=O) groups excluding carboxylic acids is 1. The van der Waals surface area contributed by atoms with E-state index in [-0.39, 0.29) is 12.6 Å². The molecule has 0 radical (unpaired) electrons. The summed E-state index contributed by atoms with van der Waals surface area (Å²) in [5.74, 6) is 0. The van der Waals surface area contributed by atoms with E-state index in [0.29, 0.717) is 6.54 Å². The fourth-order valence-corrected chi connectivity index (χ4v) is 2.38. The summed E-state index contributed by atoms with van der Waals surface area (Å²) >= 11 is 1.65. The zero-order chi connectivity index (χ0) is 15.8. The molecule has 0 saturated heterocycles. The number of benzene rings is 2. The highest BCUT2D eigenvalue weighted by Crippen LogP contribution is 2.18. The Morgan fingerprint density at radius 1 is 1.09 bits per heavy atom. The molecule has 2 rings (SSSR count). The minimum absolute atomic E-state index is 0.180. The number of carbonyl (C=O) groups is 1. The van der Waals surface area contributed by atoms with E-state index in [1.54, 1.807) is 11.8 Å². The van der Waals surface area contributed by atoms with Crippen LogP contribution in [0, 0.1) is 0 Å². The summed E-state index contributed by atoms with van der Waals surface area (Å²) < 4.78 is 0. The van der Waals surface area contributed by atoms with Crippen LogP contribution in [0.25, 0.3) is 0 Å². The van der Waals surface area contributed by atoms with Gasteiger partial charge in [0.05, 0.1) is 6.10 Å². The van der Waals surface area contributed by atoms with Gasteiger partial charge in [0.1, 0.15) is 0 Å². The third-order valence-electron chi connectivity index (χ3n) is 3.25. The van der Waals surface area contributed by atoms with Crippen molar-refractivity contribution in [1.29, 1.82) is 0 Å². The summed E-state index contributed by atoms with van der Waals surface area (Å²) in [6.07, 6.45) is 1.29. The fraction of sp³-hybridized carbons (Fsp3) is 0.235. The van der Waals surface area contributed by atoms with Gasteiger partial charge in [0, 0.05) is 18.0 Å². The first kappa shape index (κ1) is 16.4. The van der Waals surface area contributed by atoms with Crippen molar-refractivity contribution in [2.75, 3.05) is 12.8 Å². The standard InChI is InChI=1S/C17H20N2O2S/c1-22-15-9-7-14(8-10-15)16(20)12-19-17(21)18-11-13-5-3-2-4-6-13/h2-10,16,20H,11-12H2,1H3,(H2,18,19,21)/t16-/m0/s1. The van der Waals surface area contributed by atoms with Gasteiger partial charge in [0.25, 0.3) is 0 Å². The predicted octanol–water partition coefficient (Wildman–Crippen LogP) is 2.94. The molecule has 3 N–H and O–H groups in total. The molecule has 0 heterocycles. The van der Waals surface area contributed by atoms with E-state index >= 15 is 0 Å². The van der Waals surface area contributed by atoms with Crippen LogP contribution < -0.4 is 10.6 Å². The van der Waals surface area contributed by atoms with Gasteiger partial charge >= 0.3 is 6.03 Å². The molecule has 4 nitrogen and oxygen atoms in total. The molecule has 0 fully saturated rings. The monoisotopic (exact) mass is 316 g/mol.